The Labute approximate surface area is 152 Å². The molecule has 134 valence electrons. The van der Waals surface area contributed by atoms with Crippen LogP contribution in [0.15, 0.2) is 47.5 Å². The topological polar surface area (TPSA) is 66.8 Å². The van der Waals surface area contributed by atoms with E-state index in [1.807, 2.05) is 41.2 Å². The number of nitrogens with zero attached hydrogens (tertiary/aromatic N) is 4. The van der Waals surface area contributed by atoms with Crippen LogP contribution in [-0.4, -0.2) is 31.2 Å². The largest absolute Gasteiger partial charge is 0.310 e. The first-order valence-corrected chi connectivity index (χ1v) is 9.15. The highest BCUT2D eigenvalue weighted by atomic mass is 16.1. The molecular formula is C20H23N5O. The van der Waals surface area contributed by atoms with E-state index in [9.17, 15) is 4.79 Å². The molecule has 0 aliphatic carbocycles. The Hall–Kier alpha value is -2.73. The van der Waals surface area contributed by atoms with E-state index in [1.165, 1.54) is 0 Å². The molecule has 0 unspecified atom stereocenters. The molecule has 0 atom stereocenters. The van der Waals surface area contributed by atoms with Crippen LogP contribution in [0.5, 0.6) is 0 Å². The first-order valence-electron chi connectivity index (χ1n) is 9.15. The molecule has 1 aliphatic rings. The molecule has 3 heterocycles. The number of aryl methyl sites for hydroxylation is 1. The predicted octanol–water partition coefficient (Wildman–Crippen LogP) is 2.47. The van der Waals surface area contributed by atoms with Gasteiger partial charge in [0.1, 0.15) is 5.82 Å². The van der Waals surface area contributed by atoms with Gasteiger partial charge in [0.25, 0.3) is 5.56 Å². The van der Waals surface area contributed by atoms with Gasteiger partial charge in [-0.05, 0) is 18.6 Å². The molecule has 1 N–H and O–H groups in total. The van der Waals surface area contributed by atoms with Crippen LogP contribution in [0.25, 0.3) is 5.69 Å². The second kappa shape index (κ2) is 7.25. The van der Waals surface area contributed by atoms with Crippen molar-refractivity contribution in [2.45, 2.75) is 39.3 Å². The van der Waals surface area contributed by atoms with Crippen molar-refractivity contribution in [2.75, 3.05) is 6.54 Å². The molecule has 2 aromatic heterocycles. The Morgan fingerprint density at radius 3 is 2.88 bits per heavy atom. The van der Waals surface area contributed by atoms with Gasteiger partial charge in [-0.1, -0.05) is 25.1 Å². The van der Waals surface area contributed by atoms with E-state index in [1.54, 1.807) is 0 Å². The molecule has 0 saturated heterocycles. The zero-order valence-electron chi connectivity index (χ0n) is 15.0. The van der Waals surface area contributed by atoms with E-state index >= 15 is 0 Å². The highest BCUT2D eigenvalue weighted by Crippen LogP contribution is 2.17. The first-order chi connectivity index (χ1) is 12.7. The average molecular weight is 349 g/mol. The van der Waals surface area contributed by atoms with Crippen LogP contribution in [0.3, 0.4) is 0 Å². The van der Waals surface area contributed by atoms with Gasteiger partial charge in [-0.25, -0.2) is 9.67 Å². The Morgan fingerprint density at radius 1 is 1.23 bits per heavy atom. The fraction of sp³-hybridized carbons (Fsp3) is 0.350. The van der Waals surface area contributed by atoms with Gasteiger partial charge in [0.2, 0.25) is 0 Å². The quantitative estimate of drug-likeness (QED) is 0.768. The second-order valence-corrected chi connectivity index (χ2v) is 6.78. The molecule has 0 spiro atoms. The van der Waals surface area contributed by atoms with Crippen molar-refractivity contribution in [3.05, 3.63) is 75.7 Å². The summed E-state index contributed by atoms with van der Waals surface area (Å²) in [5.74, 6) is 0.814. The van der Waals surface area contributed by atoms with Crippen LogP contribution in [0.4, 0.5) is 0 Å². The van der Waals surface area contributed by atoms with Gasteiger partial charge < -0.3 is 4.98 Å². The molecule has 26 heavy (non-hydrogen) atoms. The van der Waals surface area contributed by atoms with Gasteiger partial charge in [0.05, 0.1) is 23.1 Å². The molecule has 0 radical (unpaired) electrons. The second-order valence-electron chi connectivity index (χ2n) is 6.78. The van der Waals surface area contributed by atoms with Crippen molar-refractivity contribution in [2.24, 2.45) is 0 Å². The number of fused-ring (bicyclic) bond motifs is 1. The third-order valence-electron chi connectivity index (χ3n) is 4.75. The van der Waals surface area contributed by atoms with Crippen molar-refractivity contribution >= 4 is 0 Å². The number of hydrogen-bond acceptors (Lipinski definition) is 4. The zero-order valence-corrected chi connectivity index (χ0v) is 15.0. The molecule has 0 saturated carbocycles. The van der Waals surface area contributed by atoms with E-state index in [2.05, 4.69) is 33.1 Å². The Balaban J connectivity index is 1.48. The number of aromatic nitrogens is 4. The summed E-state index contributed by atoms with van der Waals surface area (Å²) in [4.78, 5) is 22.3. The van der Waals surface area contributed by atoms with E-state index in [-0.39, 0.29) is 5.56 Å². The van der Waals surface area contributed by atoms with Crippen molar-refractivity contribution < 1.29 is 0 Å². The number of hydrogen-bond donors (Lipinski definition) is 1. The van der Waals surface area contributed by atoms with Gasteiger partial charge in [-0.3, -0.25) is 9.69 Å². The Kier molecular flexibility index (Phi) is 4.67. The van der Waals surface area contributed by atoms with E-state index in [0.717, 1.165) is 60.7 Å². The van der Waals surface area contributed by atoms with Gasteiger partial charge in [0, 0.05) is 44.2 Å². The van der Waals surface area contributed by atoms with Crippen molar-refractivity contribution in [1.82, 2.24) is 24.6 Å². The molecule has 0 fully saturated rings. The van der Waals surface area contributed by atoms with Crippen molar-refractivity contribution in [3.8, 4) is 5.69 Å². The van der Waals surface area contributed by atoms with Crippen LogP contribution in [0.1, 0.15) is 36.0 Å². The average Bonchev–Trinajstić information content (AvgIpc) is 3.12. The van der Waals surface area contributed by atoms with Gasteiger partial charge in [-0.2, -0.15) is 5.10 Å². The van der Waals surface area contributed by atoms with Gasteiger partial charge >= 0.3 is 0 Å². The van der Waals surface area contributed by atoms with E-state index < -0.39 is 0 Å². The van der Waals surface area contributed by atoms with Crippen LogP contribution < -0.4 is 5.56 Å². The Bertz CT molecular complexity index is 944. The normalized spacial score (nSPS) is 14.3. The highest BCUT2D eigenvalue weighted by molar-refractivity contribution is 5.31. The summed E-state index contributed by atoms with van der Waals surface area (Å²) in [6.45, 7) is 4.42. The number of para-hydroxylation sites is 1. The maximum absolute atomic E-state index is 12.4. The number of benzene rings is 1. The fourth-order valence-electron chi connectivity index (χ4n) is 3.44. The molecular weight excluding hydrogens is 326 g/mol. The molecule has 6 heteroatoms. The van der Waals surface area contributed by atoms with Crippen LogP contribution in [0.2, 0.25) is 0 Å². The standard InChI is InChI=1S/C20H23N5O/c1-2-6-19-22-18-9-10-24(14-17(18)20(26)23-19)12-15-11-21-25(13-15)16-7-4-3-5-8-16/h3-5,7-8,11,13H,2,6,9-10,12,14H2,1H3,(H,22,23,26). The minimum atomic E-state index is 0.0168. The van der Waals surface area contributed by atoms with Crippen LogP contribution in [0, 0.1) is 0 Å². The third kappa shape index (κ3) is 3.46. The predicted molar refractivity (Wildman–Crippen MR) is 100 cm³/mol. The minimum Gasteiger partial charge on any atom is -0.310 e. The maximum Gasteiger partial charge on any atom is 0.255 e. The van der Waals surface area contributed by atoms with E-state index in [4.69, 9.17) is 0 Å². The summed E-state index contributed by atoms with van der Waals surface area (Å²) >= 11 is 0. The zero-order chi connectivity index (χ0) is 17.9. The summed E-state index contributed by atoms with van der Waals surface area (Å²) < 4.78 is 1.89. The monoisotopic (exact) mass is 349 g/mol. The molecule has 3 aromatic rings. The lowest BCUT2D eigenvalue weighted by atomic mass is 10.1. The summed E-state index contributed by atoms with van der Waals surface area (Å²) in [7, 11) is 0. The summed E-state index contributed by atoms with van der Waals surface area (Å²) in [6, 6.07) is 10.1. The number of rotatable bonds is 5. The van der Waals surface area contributed by atoms with E-state index in [0.29, 0.717) is 6.54 Å². The van der Waals surface area contributed by atoms with Gasteiger partial charge in [0.15, 0.2) is 0 Å². The van der Waals surface area contributed by atoms with Gasteiger partial charge in [-0.15, -0.1) is 0 Å². The summed E-state index contributed by atoms with van der Waals surface area (Å²) in [5.41, 5.74) is 3.99. The summed E-state index contributed by atoms with van der Waals surface area (Å²) in [5, 5.41) is 4.46. The lowest BCUT2D eigenvalue weighted by molar-refractivity contribution is 0.241. The number of nitrogens with one attached hydrogen (secondary N) is 1. The van der Waals surface area contributed by atoms with Crippen molar-refractivity contribution in [3.63, 3.8) is 0 Å². The molecule has 1 aliphatic heterocycles. The Morgan fingerprint density at radius 2 is 2.08 bits per heavy atom. The molecule has 0 bridgehead atoms. The number of H-pyrrole nitrogens is 1. The molecule has 0 amide bonds. The smallest absolute Gasteiger partial charge is 0.255 e. The third-order valence-corrected chi connectivity index (χ3v) is 4.75. The maximum atomic E-state index is 12.4. The SMILES string of the molecule is CCCc1nc2c(c(=O)[nH]1)CN(Cc1cnn(-c3ccccc3)c1)CC2. The molecule has 6 nitrogen and oxygen atoms in total. The lowest BCUT2D eigenvalue weighted by Gasteiger charge is -2.27. The van der Waals surface area contributed by atoms with Crippen molar-refractivity contribution in [1.29, 1.82) is 0 Å². The number of aromatic amines is 1. The first kappa shape index (κ1) is 16.7. The summed E-state index contributed by atoms with van der Waals surface area (Å²) in [6.07, 6.45) is 6.58. The lowest BCUT2D eigenvalue weighted by Crippen LogP contribution is -2.35. The minimum absolute atomic E-state index is 0.0168. The molecule has 4 rings (SSSR count). The fourth-order valence-corrected chi connectivity index (χ4v) is 3.44. The molecule has 1 aromatic carbocycles. The van der Waals surface area contributed by atoms with Crippen LogP contribution >= 0.6 is 0 Å². The highest BCUT2D eigenvalue weighted by Gasteiger charge is 2.21. The van der Waals surface area contributed by atoms with Crippen LogP contribution in [-0.2, 0) is 25.9 Å².